The Kier molecular flexibility index (Phi) is 8.71. The fourth-order valence-electron chi connectivity index (χ4n) is 2.84. The Morgan fingerprint density at radius 1 is 1.11 bits per heavy atom. The van der Waals surface area contributed by atoms with E-state index in [1.165, 1.54) is 19.3 Å². The highest BCUT2D eigenvalue weighted by Crippen LogP contribution is 2.29. The Balaban J connectivity index is 0.00000261. The zero-order valence-electron chi connectivity index (χ0n) is 15.7. The van der Waals surface area contributed by atoms with E-state index in [4.69, 9.17) is 15.2 Å². The molecule has 1 aliphatic carbocycles. The fraction of sp³-hybridized carbons (Fsp3) is 0.381. The standard InChI is InChI=1S/C21H27N3O2.HI/c1-25-20-12-18(14-24-21(22)23-13-16-8-5-9-16)10-11-19(20)26-15-17-6-3-2-4-7-17;/h2-4,6-7,10-12,16H,5,8-9,13-15H2,1H3,(H3,22,23,24);1H. The molecule has 0 bridgehead atoms. The summed E-state index contributed by atoms with van der Waals surface area (Å²) in [6.45, 7) is 1.94. The molecule has 27 heavy (non-hydrogen) atoms. The second-order valence-corrected chi connectivity index (χ2v) is 6.64. The van der Waals surface area contributed by atoms with Gasteiger partial charge in [-0.3, -0.25) is 0 Å². The van der Waals surface area contributed by atoms with E-state index in [9.17, 15) is 0 Å². The Morgan fingerprint density at radius 2 is 1.89 bits per heavy atom. The van der Waals surface area contributed by atoms with Crippen LogP contribution in [0, 0.1) is 5.92 Å². The van der Waals surface area contributed by atoms with E-state index in [2.05, 4.69) is 10.3 Å². The number of benzene rings is 2. The van der Waals surface area contributed by atoms with Gasteiger partial charge in [0, 0.05) is 6.54 Å². The molecule has 0 unspecified atom stereocenters. The average Bonchev–Trinajstić information content (AvgIpc) is 2.64. The summed E-state index contributed by atoms with van der Waals surface area (Å²) in [5, 5.41) is 3.21. The van der Waals surface area contributed by atoms with Gasteiger partial charge in [0.15, 0.2) is 17.5 Å². The van der Waals surface area contributed by atoms with Gasteiger partial charge in [0.2, 0.25) is 0 Å². The van der Waals surface area contributed by atoms with Crippen LogP contribution in [0.4, 0.5) is 0 Å². The molecule has 0 aliphatic heterocycles. The van der Waals surface area contributed by atoms with Crippen molar-refractivity contribution in [3.05, 3.63) is 59.7 Å². The molecule has 0 amide bonds. The summed E-state index contributed by atoms with van der Waals surface area (Å²) in [7, 11) is 1.65. The van der Waals surface area contributed by atoms with E-state index in [1.807, 2.05) is 48.5 Å². The molecule has 0 spiro atoms. The molecule has 0 saturated heterocycles. The topological polar surface area (TPSA) is 68.9 Å². The van der Waals surface area contributed by atoms with Gasteiger partial charge in [-0.25, -0.2) is 4.99 Å². The molecule has 3 N–H and O–H groups in total. The van der Waals surface area contributed by atoms with Gasteiger partial charge in [-0.05, 0) is 42.0 Å². The quantitative estimate of drug-likeness (QED) is 0.339. The maximum Gasteiger partial charge on any atom is 0.188 e. The molecule has 2 aromatic carbocycles. The van der Waals surface area contributed by atoms with Crippen molar-refractivity contribution in [2.24, 2.45) is 16.6 Å². The van der Waals surface area contributed by atoms with Gasteiger partial charge in [0.05, 0.1) is 13.7 Å². The van der Waals surface area contributed by atoms with Crippen molar-refractivity contribution < 1.29 is 9.47 Å². The number of rotatable bonds is 8. The van der Waals surface area contributed by atoms with Crippen LogP contribution in [0.3, 0.4) is 0 Å². The monoisotopic (exact) mass is 481 g/mol. The van der Waals surface area contributed by atoms with Gasteiger partial charge in [0.25, 0.3) is 0 Å². The molecule has 0 atom stereocenters. The number of hydrogen-bond donors (Lipinski definition) is 2. The minimum atomic E-state index is 0. The summed E-state index contributed by atoms with van der Waals surface area (Å²) in [5.41, 5.74) is 8.09. The molecule has 3 rings (SSSR count). The van der Waals surface area contributed by atoms with Crippen LogP contribution in [0.15, 0.2) is 53.5 Å². The number of guanidine groups is 1. The first kappa shape index (κ1) is 21.3. The van der Waals surface area contributed by atoms with Gasteiger partial charge in [0.1, 0.15) is 6.61 Å². The average molecular weight is 481 g/mol. The van der Waals surface area contributed by atoms with Crippen LogP contribution in [-0.2, 0) is 13.2 Å². The second-order valence-electron chi connectivity index (χ2n) is 6.64. The molecule has 0 aromatic heterocycles. The van der Waals surface area contributed by atoms with Crippen LogP contribution < -0.4 is 20.5 Å². The molecular weight excluding hydrogens is 453 g/mol. The van der Waals surface area contributed by atoms with Crippen molar-refractivity contribution in [3.63, 3.8) is 0 Å². The summed E-state index contributed by atoms with van der Waals surface area (Å²) >= 11 is 0. The molecule has 0 heterocycles. The van der Waals surface area contributed by atoms with E-state index in [0.717, 1.165) is 29.3 Å². The Hall–Kier alpha value is -1.96. The summed E-state index contributed by atoms with van der Waals surface area (Å²) < 4.78 is 11.3. The highest BCUT2D eigenvalue weighted by atomic mass is 127. The first-order chi connectivity index (χ1) is 12.7. The lowest BCUT2D eigenvalue weighted by molar-refractivity contribution is 0.284. The number of nitrogens with two attached hydrogens (primary N) is 1. The molecule has 1 fully saturated rings. The lowest BCUT2D eigenvalue weighted by Crippen LogP contribution is -2.37. The smallest absolute Gasteiger partial charge is 0.188 e. The molecule has 0 radical (unpaired) electrons. The van der Waals surface area contributed by atoms with Crippen LogP contribution in [0.25, 0.3) is 0 Å². The van der Waals surface area contributed by atoms with Crippen LogP contribution in [0.1, 0.15) is 30.4 Å². The van der Waals surface area contributed by atoms with Crippen molar-refractivity contribution in [2.45, 2.75) is 32.4 Å². The predicted molar refractivity (Wildman–Crippen MR) is 120 cm³/mol. The SMILES string of the molecule is COc1cc(CN=C(N)NCC2CCC2)ccc1OCc1ccccc1.I. The summed E-state index contributed by atoms with van der Waals surface area (Å²) in [4.78, 5) is 4.41. The van der Waals surface area contributed by atoms with Crippen molar-refractivity contribution >= 4 is 29.9 Å². The lowest BCUT2D eigenvalue weighted by atomic mass is 9.85. The number of nitrogens with one attached hydrogen (secondary N) is 1. The summed E-state index contributed by atoms with van der Waals surface area (Å²) in [6, 6.07) is 15.9. The van der Waals surface area contributed by atoms with Gasteiger partial charge in [-0.2, -0.15) is 0 Å². The third-order valence-corrected chi connectivity index (χ3v) is 4.69. The highest BCUT2D eigenvalue weighted by molar-refractivity contribution is 14.0. The lowest BCUT2D eigenvalue weighted by Gasteiger charge is -2.25. The molecule has 5 nitrogen and oxygen atoms in total. The number of hydrogen-bond acceptors (Lipinski definition) is 3. The summed E-state index contributed by atoms with van der Waals surface area (Å²) in [5.74, 6) is 2.68. The second kappa shape index (κ2) is 11.0. The van der Waals surface area contributed by atoms with Crippen molar-refractivity contribution in [2.75, 3.05) is 13.7 Å². The number of aliphatic imine (C=N–C) groups is 1. The maximum atomic E-state index is 5.94. The van der Waals surface area contributed by atoms with E-state index in [0.29, 0.717) is 24.9 Å². The first-order valence-corrected chi connectivity index (χ1v) is 9.12. The fourth-order valence-corrected chi connectivity index (χ4v) is 2.84. The molecule has 6 heteroatoms. The van der Waals surface area contributed by atoms with Crippen LogP contribution >= 0.6 is 24.0 Å². The zero-order chi connectivity index (χ0) is 18.2. The largest absolute Gasteiger partial charge is 0.493 e. The molecule has 1 saturated carbocycles. The first-order valence-electron chi connectivity index (χ1n) is 9.12. The molecule has 2 aromatic rings. The zero-order valence-corrected chi connectivity index (χ0v) is 18.0. The van der Waals surface area contributed by atoms with Crippen LogP contribution in [-0.4, -0.2) is 19.6 Å². The highest BCUT2D eigenvalue weighted by Gasteiger charge is 2.16. The van der Waals surface area contributed by atoms with Crippen molar-refractivity contribution in [3.8, 4) is 11.5 Å². The Bertz CT molecular complexity index is 733. The minimum absolute atomic E-state index is 0. The van der Waals surface area contributed by atoms with E-state index >= 15 is 0 Å². The third kappa shape index (κ3) is 6.61. The van der Waals surface area contributed by atoms with Crippen LogP contribution in [0.5, 0.6) is 11.5 Å². The number of ether oxygens (including phenoxy) is 2. The van der Waals surface area contributed by atoms with Gasteiger partial charge >= 0.3 is 0 Å². The molecular formula is C21H28IN3O2. The van der Waals surface area contributed by atoms with Gasteiger partial charge < -0.3 is 20.5 Å². The number of nitrogens with zero attached hydrogens (tertiary/aromatic N) is 1. The summed E-state index contributed by atoms with van der Waals surface area (Å²) in [6.07, 6.45) is 3.92. The van der Waals surface area contributed by atoms with Gasteiger partial charge in [-0.1, -0.05) is 42.8 Å². The third-order valence-electron chi connectivity index (χ3n) is 4.69. The van der Waals surface area contributed by atoms with Crippen molar-refractivity contribution in [1.82, 2.24) is 5.32 Å². The maximum absolute atomic E-state index is 5.94. The minimum Gasteiger partial charge on any atom is -0.493 e. The molecule has 146 valence electrons. The normalized spacial score (nSPS) is 14.0. The Labute approximate surface area is 178 Å². The predicted octanol–water partition coefficient (Wildman–Crippen LogP) is 4.10. The van der Waals surface area contributed by atoms with E-state index in [1.54, 1.807) is 7.11 Å². The Morgan fingerprint density at radius 3 is 2.56 bits per heavy atom. The van der Waals surface area contributed by atoms with E-state index in [-0.39, 0.29) is 24.0 Å². The van der Waals surface area contributed by atoms with Gasteiger partial charge in [-0.15, -0.1) is 24.0 Å². The van der Waals surface area contributed by atoms with Crippen LogP contribution in [0.2, 0.25) is 0 Å². The number of halogens is 1. The van der Waals surface area contributed by atoms with Crippen molar-refractivity contribution in [1.29, 1.82) is 0 Å². The molecule has 1 aliphatic rings. The van der Waals surface area contributed by atoms with E-state index < -0.39 is 0 Å². The number of methoxy groups -OCH3 is 1.